The van der Waals surface area contributed by atoms with E-state index in [1.807, 2.05) is 37.3 Å². The number of hydrogen-bond donors (Lipinski definition) is 2. The van der Waals surface area contributed by atoms with Crippen LogP contribution in [0.5, 0.6) is 5.75 Å². The van der Waals surface area contributed by atoms with Gasteiger partial charge in [-0.25, -0.2) is 8.42 Å². The zero-order valence-electron chi connectivity index (χ0n) is 19.7. The molecule has 0 aliphatic heterocycles. The van der Waals surface area contributed by atoms with Crippen LogP contribution in [0.2, 0.25) is 0 Å². The Morgan fingerprint density at radius 2 is 1.56 bits per heavy atom. The van der Waals surface area contributed by atoms with Crippen molar-refractivity contribution in [2.45, 2.75) is 25.7 Å². The van der Waals surface area contributed by atoms with Crippen LogP contribution in [0.4, 0.5) is 11.4 Å². The van der Waals surface area contributed by atoms with E-state index in [9.17, 15) is 13.2 Å². The number of carbonyl (C=O) groups excluding carboxylic acids is 1. The third kappa shape index (κ3) is 6.82. The largest absolute Gasteiger partial charge is 0.490 e. The fourth-order valence-electron chi connectivity index (χ4n) is 3.34. The molecule has 0 fully saturated rings. The lowest BCUT2D eigenvalue weighted by molar-refractivity contribution is 0.102. The van der Waals surface area contributed by atoms with E-state index in [1.54, 1.807) is 18.2 Å². The van der Waals surface area contributed by atoms with Gasteiger partial charge in [-0.15, -0.1) is 0 Å². The first kappa shape index (κ1) is 25.3. The molecule has 1 amide bonds. The molecule has 0 spiro atoms. The Bertz CT molecular complexity index is 1190. The number of sulfonamides is 1. The summed E-state index contributed by atoms with van der Waals surface area (Å²) >= 11 is 0. The lowest BCUT2D eigenvalue weighted by Gasteiger charge is -2.19. The van der Waals surface area contributed by atoms with Gasteiger partial charge in [0.1, 0.15) is 12.4 Å². The zero-order valence-corrected chi connectivity index (χ0v) is 20.6. The third-order valence-corrected chi connectivity index (χ3v) is 6.82. The molecule has 0 heterocycles. The number of aryl methyl sites for hydroxylation is 1. The number of hydrogen-bond acceptors (Lipinski definition) is 5. The van der Waals surface area contributed by atoms with Gasteiger partial charge in [0.25, 0.3) is 15.9 Å². The van der Waals surface area contributed by atoms with Crippen LogP contribution in [0.25, 0.3) is 0 Å². The molecule has 0 aliphatic carbocycles. The Kier molecular flexibility index (Phi) is 8.67. The van der Waals surface area contributed by atoms with Crippen LogP contribution in [0.1, 0.15) is 29.8 Å². The van der Waals surface area contributed by atoms with Crippen molar-refractivity contribution in [1.29, 1.82) is 0 Å². The van der Waals surface area contributed by atoms with Crippen LogP contribution in [0.15, 0.2) is 77.7 Å². The average molecular weight is 482 g/mol. The van der Waals surface area contributed by atoms with Crippen molar-refractivity contribution in [3.05, 3.63) is 83.9 Å². The SMILES string of the molecule is CCN(CC)CCOc1ccccc1NC(=O)c1ccc(S(=O)(=O)Nc2ccc(C)cc2)cc1. The first-order valence-corrected chi connectivity index (χ1v) is 12.8. The van der Waals surface area contributed by atoms with Crippen LogP contribution in [-0.4, -0.2) is 45.5 Å². The molecule has 0 aliphatic rings. The van der Waals surface area contributed by atoms with Gasteiger partial charge < -0.3 is 15.0 Å². The van der Waals surface area contributed by atoms with Gasteiger partial charge in [0, 0.05) is 17.8 Å². The average Bonchev–Trinajstić information content (AvgIpc) is 2.84. The first-order valence-electron chi connectivity index (χ1n) is 11.3. The Balaban J connectivity index is 1.65. The van der Waals surface area contributed by atoms with Gasteiger partial charge in [-0.2, -0.15) is 0 Å². The predicted octanol–water partition coefficient (Wildman–Crippen LogP) is 4.77. The van der Waals surface area contributed by atoms with Crippen molar-refractivity contribution in [3.63, 3.8) is 0 Å². The van der Waals surface area contributed by atoms with Crippen molar-refractivity contribution < 1.29 is 17.9 Å². The highest BCUT2D eigenvalue weighted by atomic mass is 32.2. The summed E-state index contributed by atoms with van der Waals surface area (Å²) in [6.45, 7) is 9.34. The van der Waals surface area contributed by atoms with Crippen molar-refractivity contribution in [2.75, 3.05) is 36.3 Å². The standard InChI is InChI=1S/C26H31N3O4S/c1-4-29(5-2)18-19-33-25-9-7-6-8-24(25)27-26(30)21-12-16-23(17-13-21)34(31,32)28-22-14-10-20(3)11-15-22/h6-17,28H,4-5,18-19H2,1-3H3,(H,27,30). The zero-order chi connectivity index (χ0) is 24.6. The van der Waals surface area contributed by atoms with Gasteiger partial charge in [0.05, 0.1) is 10.6 Å². The van der Waals surface area contributed by atoms with Gasteiger partial charge in [-0.3, -0.25) is 9.52 Å². The number of likely N-dealkylation sites (N-methyl/N-ethyl adjacent to an activating group) is 1. The highest BCUT2D eigenvalue weighted by molar-refractivity contribution is 7.92. The van der Waals surface area contributed by atoms with Crippen LogP contribution in [-0.2, 0) is 10.0 Å². The highest BCUT2D eigenvalue weighted by Crippen LogP contribution is 2.25. The van der Waals surface area contributed by atoms with E-state index >= 15 is 0 Å². The lowest BCUT2D eigenvalue weighted by atomic mass is 10.2. The molecule has 0 aromatic heterocycles. The van der Waals surface area contributed by atoms with Gasteiger partial charge >= 0.3 is 0 Å². The number of rotatable bonds is 11. The highest BCUT2D eigenvalue weighted by Gasteiger charge is 2.16. The van der Waals surface area contributed by atoms with Gasteiger partial charge in [0.15, 0.2) is 0 Å². The summed E-state index contributed by atoms with van der Waals surface area (Å²) in [5, 5.41) is 2.85. The van der Waals surface area contributed by atoms with Gasteiger partial charge in [-0.1, -0.05) is 43.7 Å². The van der Waals surface area contributed by atoms with Gasteiger partial charge in [0.2, 0.25) is 0 Å². The Labute approximate surface area is 201 Å². The Morgan fingerprint density at radius 1 is 0.912 bits per heavy atom. The van der Waals surface area contributed by atoms with Crippen molar-refractivity contribution in [3.8, 4) is 5.75 Å². The third-order valence-electron chi connectivity index (χ3n) is 5.43. The Hall–Kier alpha value is -3.36. The second-order valence-corrected chi connectivity index (χ2v) is 9.50. The maximum Gasteiger partial charge on any atom is 0.261 e. The molecule has 0 unspecified atom stereocenters. The molecule has 3 aromatic rings. The lowest BCUT2D eigenvalue weighted by Crippen LogP contribution is -2.28. The molecule has 0 bridgehead atoms. The minimum absolute atomic E-state index is 0.0739. The molecule has 0 radical (unpaired) electrons. The van der Waals surface area contributed by atoms with E-state index in [2.05, 4.69) is 28.8 Å². The second kappa shape index (κ2) is 11.7. The fraction of sp³-hybridized carbons (Fsp3) is 0.269. The van der Waals surface area contributed by atoms with Crippen LogP contribution in [0.3, 0.4) is 0 Å². The predicted molar refractivity (Wildman–Crippen MR) is 136 cm³/mol. The number of amides is 1. The number of ether oxygens (including phenoxy) is 1. The van der Waals surface area contributed by atoms with E-state index in [1.165, 1.54) is 24.3 Å². The number of benzene rings is 3. The molecular weight excluding hydrogens is 450 g/mol. The minimum atomic E-state index is -3.76. The molecule has 34 heavy (non-hydrogen) atoms. The molecule has 2 N–H and O–H groups in total. The monoisotopic (exact) mass is 481 g/mol. The molecule has 3 aromatic carbocycles. The van der Waals surface area contributed by atoms with Crippen LogP contribution in [0, 0.1) is 6.92 Å². The van der Waals surface area contributed by atoms with E-state index in [4.69, 9.17) is 4.74 Å². The number of anilines is 2. The quantitative estimate of drug-likeness (QED) is 0.412. The molecule has 3 rings (SSSR count). The summed E-state index contributed by atoms with van der Waals surface area (Å²) in [4.78, 5) is 15.1. The summed E-state index contributed by atoms with van der Waals surface area (Å²) in [6.07, 6.45) is 0. The molecule has 0 atom stereocenters. The first-order chi connectivity index (χ1) is 16.3. The minimum Gasteiger partial charge on any atom is -0.490 e. The van der Waals surface area contributed by atoms with E-state index in [0.29, 0.717) is 29.3 Å². The molecule has 0 saturated heterocycles. The molecule has 8 heteroatoms. The number of carbonyl (C=O) groups is 1. The van der Waals surface area contributed by atoms with E-state index in [-0.39, 0.29) is 10.8 Å². The molecule has 0 saturated carbocycles. The summed E-state index contributed by atoms with van der Waals surface area (Å²) in [6, 6.07) is 20.1. The van der Waals surface area contributed by atoms with Crippen molar-refractivity contribution >= 4 is 27.3 Å². The summed E-state index contributed by atoms with van der Waals surface area (Å²) < 4.78 is 33.8. The number of nitrogens with one attached hydrogen (secondary N) is 2. The van der Waals surface area contributed by atoms with E-state index < -0.39 is 10.0 Å². The Morgan fingerprint density at radius 3 is 2.21 bits per heavy atom. The molecule has 7 nitrogen and oxygen atoms in total. The maximum absolute atomic E-state index is 12.8. The summed E-state index contributed by atoms with van der Waals surface area (Å²) in [5.41, 5.74) is 2.41. The van der Waals surface area contributed by atoms with Crippen molar-refractivity contribution in [1.82, 2.24) is 4.90 Å². The topological polar surface area (TPSA) is 87.7 Å². The van der Waals surface area contributed by atoms with E-state index in [0.717, 1.165) is 25.2 Å². The van der Waals surface area contributed by atoms with Crippen molar-refractivity contribution in [2.24, 2.45) is 0 Å². The normalized spacial score (nSPS) is 11.3. The molecule has 180 valence electrons. The second-order valence-electron chi connectivity index (χ2n) is 7.82. The maximum atomic E-state index is 12.8. The summed E-state index contributed by atoms with van der Waals surface area (Å²) in [7, 11) is -3.76. The van der Waals surface area contributed by atoms with Gasteiger partial charge in [-0.05, 0) is 68.5 Å². The smallest absolute Gasteiger partial charge is 0.261 e. The molecular formula is C26H31N3O4S. The number of nitrogens with zero attached hydrogens (tertiary/aromatic N) is 1. The fourth-order valence-corrected chi connectivity index (χ4v) is 4.39. The summed E-state index contributed by atoms with van der Waals surface area (Å²) in [5.74, 6) is 0.236. The number of para-hydroxylation sites is 2. The van der Waals surface area contributed by atoms with Crippen LogP contribution < -0.4 is 14.8 Å². The van der Waals surface area contributed by atoms with Crippen LogP contribution >= 0.6 is 0 Å².